The first-order valence-corrected chi connectivity index (χ1v) is 12.0. The normalized spacial score (nSPS) is 17.9. The van der Waals surface area contributed by atoms with Crippen LogP contribution in [0, 0.1) is 15.9 Å². The van der Waals surface area contributed by atoms with Crippen LogP contribution in [0.5, 0.6) is 0 Å². The lowest BCUT2D eigenvalue weighted by molar-refractivity contribution is -0.402. The van der Waals surface area contributed by atoms with Crippen molar-refractivity contribution in [2.24, 2.45) is 0 Å². The van der Waals surface area contributed by atoms with E-state index in [1.165, 1.54) is 47.4 Å². The van der Waals surface area contributed by atoms with Gasteiger partial charge in [0.2, 0.25) is 0 Å². The van der Waals surface area contributed by atoms with Crippen molar-refractivity contribution in [2.45, 2.75) is 6.10 Å². The van der Waals surface area contributed by atoms with Gasteiger partial charge >= 0.3 is 12.0 Å². The van der Waals surface area contributed by atoms with Gasteiger partial charge in [-0.1, -0.05) is 0 Å². The van der Waals surface area contributed by atoms with E-state index < -0.39 is 28.8 Å². The van der Waals surface area contributed by atoms with Crippen molar-refractivity contribution in [2.75, 3.05) is 56.2 Å². The molecule has 2 aliphatic heterocycles. The Bertz CT molecular complexity index is 1250. The van der Waals surface area contributed by atoms with Gasteiger partial charge in [-0.3, -0.25) is 24.8 Å². The summed E-state index contributed by atoms with van der Waals surface area (Å²) in [6.45, 7) is 1.87. The molecule has 0 spiro atoms. The maximum Gasteiger partial charge on any atom is 0.433 e. The second-order valence-corrected chi connectivity index (χ2v) is 8.65. The summed E-state index contributed by atoms with van der Waals surface area (Å²) in [6.07, 6.45) is 1.52. The number of nitrogens with one attached hydrogen (secondary N) is 2. The van der Waals surface area contributed by atoms with Crippen LogP contribution in [0.1, 0.15) is 5.76 Å². The summed E-state index contributed by atoms with van der Waals surface area (Å²) in [5, 5.41) is 15.1. The number of amides is 2. The first-order chi connectivity index (χ1) is 18.2. The monoisotopic (exact) mass is 548 g/mol. The number of ether oxygens (including phenoxy) is 2. The Kier molecular flexibility index (Phi) is 8.38. The summed E-state index contributed by atoms with van der Waals surface area (Å²) < 4.78 is 30.3. The number of rotatable bonds is 7. The fourth-order valence-electron chi connectivity index (χ4n) is 3.96. The Morgan fingerprint density at radius 2 is 2.16 bits per heavy atom. The van der Waals surface area contributed by atoms with Crippen LogP contribution in [0.25, 0.3) is 6.08 Å². The van der Waals surface area contributed by atoms with Crippen molar-refractivity contribution < 1.29 is 32.8 Å². The van der Waals surface area contributed by atoms with E-state index in [-0.39, 0.29) is 36.5 Å². The Hall–Kier alpha value is -4.24. The number of halogens is 1. The SMILES string of the molecule is COC(=S)NC[C@H]1CN(c2ccc(N3CCNN(C(=O)C=Cc4ccc([N+](=O)[O-])o4)CC3)c(F)c2)C(=O)O1. The molecule has 3 heterocycles. The average molecular weight is 549 g/mol. The number of benzene rings is 1. The van der Waals surface area contributed by atoms with E-state index in [1.807, 2.05) is 0 Å². The highest BCUT2D eigenvalue weighted by Gasteiger charge is 2.33. The molecule has 2 saturated heterocycles. The molecule has 0 radical (unpaired) electrons. The van der Waals surface area contributed by atoms with Crippen molar-refractivity contribution in [3.8, 4) is 0 Å². The number of thiocarbonyl (C=S) groups is 1. The van der Waals surface area contributed by atoms with E-state index in [0.717, 1.165) is 0 Å². The third-order valence-electron chi connectivity index (χ3n) is 5.84. The van der Waals surface area contributed by atoms with Gasteiger partial charge in [0.25, 0.3) is 11.1 Å². The van der Waals surface area contributed by atoms with E-state index in [4.69, 9.17) is 26.1 Å². The smallest absolute Gasteiger partial charge is 0.433 e. The third-order valence-corrected chi connectivity index (χ3v) is 6.15. The highest BCUT2D eigenvalue weighted by atomic mass is 32.1. The molecule has 4 rings (SSSR count). The average Bonchev–Trinajstić information content (AvgIpc) is 3.45. The van der Waals surface area contributed by atoms with Crippen LogP contribution in [0.4, 0.5) is 26.4 Å². The molecule has 2 aromatic rings. The minimum absolute atomic E-state index is 0.173. The lowest BCUT2D eigenvalue weighted by atomic mass is 10.2. The van der Waals surface area contributed by atoms with Crippen molar-refractivity contribution in [1.29, 1.82) is 0 Å². The maximum atomic E-state index is 15.1. The van der Waals surface area contributed by atoms with Crippen molar-refractivity contribution in [3.05, 3.63) is 58.1 Å². The van der Waals surface area contributed by atoms with Gasteiger partial charge in [0.1, 0.15) is 22.6 Å². The molecule has 2 N–H and O–H groups in total. The summed E-state index contributed by atoms with van der Waals surface area (Å²) in [4.78, 5) is 38.1. The number of methoxy groups -OCH3 is 1. The minimum Gasteiger partial charge on any atom is -0.474 e. The first kappa shape index (κ1) is 26.8. The molecule has 0 unspecified atom stereocenters. The molecule has 2 amide bonds. The molecular formula is C23H25FN6O7S. The first-order valence-electron chi connectivity index (χ1n) is 11.6. The molecular weight excluding hydrogens is 523 g/mol. The topological polar surface area (TPSA) is 143 Å². The summed E-state index contributed by atoms with van der Waals surface area (Å²) in [5.41, 5.74) is 3.68. The predicted molar refractivity (Wildman–Crippen MR) is 138 cm³/mol. The molecule has 0 saturated carbocycles. The molecule has 0 aliphatic carbocycles. The highest BCUT2D eigenvalue weighted by molar-refractivity contribution is 7.80. The largest absolute Gasteiger partial charge is 0.474 e. The second-order valence-electron chi connectivity index (χ2n) is 8.28. The number of hydrogen-bond donors (Lipinski definition) is 2. The maximum absolute atomic E-state index is 15.1. The lowest BCUT2D eigenvalue weighted by Crippen LogP contribution is -2.42. The molecule has 1 aromatic carbocycles. The van der Waals surface area contributed by atoms with Crippen LogP contribution < -0.4 is 20.5 Å². The molecule has 1 atom stereocenters. The number of nitrogens with zero attached hydrogens (tertiary/aromatic N) is 4. The zero-order valence-electron chi connectivity index (χ0n) is 20.3. The second kappa shape index (κ2) is 11.9. The quantitative estimate of drug-likeness (QED) is 0.227. The molecule has 2 aliphatic rings. The van der Waals surface area contributed by atoms with Gasteiger partial charge in [0, 0.05) is 25.7 Å². The number of anilines is 2. The van der Waals surface area contributed by atoms with Gasteiger partial charge in [0.05, 0.1) is 44.2 Å². The van der Waals surface area contributed by atoms with Crippen molar-refractivity contribution in [3.63, 3.8) is 0 Å². The summed E-state index contributed by atoms with van der Waals surface area (Å²) in [7, 11) is 1.43. The molecule has 15 heteroatoms. The predicted octanol–water partition coefficient (Wildman–Crippen LogP) is 2.04. The molecule has 13 nitrogen and oxygen atoms in total. The van der Waals surface area contributed by atoms with Gasteiger partial charge in [0.15, 0.2) is 0 Å². The van der Waals surface area contributed by atoms with Crippen LogP contribution >= 0.6 is 12.2 Å². The number of furan rings is 1. The van der Waals surface area contributed by atoms with Gasteiger partial charge in [-0.2, -0.15) is 0 Å². The van der Waals surface area contributed by atoms with Crippen molar-refractivity contribution in [1.82, 2.24) is 15.8 Å². The fraction of sp³-hybridized carbons (Fsp3) is 0.348. The standard InChI is InChI=1S/C23H25FN6O7S/c1-35-22(38)25-13-17-14-28(23(32)37-17)15-2-5-19(18(24)12-15)27-9-8-26-29(11-10-27)20(31)6-3-16-4-7-21(36-16)30(33)34/h2-7,12,17,26H,8-11,13-14H2,1H3,(H,25,38)/t17-/m0/s1. The van der Waals surface area contributed by atoms with Crippen molar-refractivity contribution >= 4 is 52.7 Å². The van der Waals surface area contributed by atoms with Crippen LogP contribution in [-0.2, 0) is 14.3 Å². The highest BCUT2D eigenvalue weighted by Crippen LogP contribution is 2.28. The Balaban J connectivity index is 1.34. The Morgan fingerprint density at radius 1 is 1.34 bits per heavy atom. The summed E-state index contributed by atoms with van der Waals surface area (Å²) in [6, 6.07) is 7.10. The molecule has 38 heavy (non-hydrogen) atoms. The number of hydrogen-bond acceptors (Lipinski definition) is 10. The van der Waals surface area contributed by atoms with Crippen LogP contribution in [0.2, 0.25) is 0 Å². The lowest BCUT2D eigenvalue weighted by Gasteiger charge is -2.24. The zero-order chi connectivity index (χ0) is 27.2. The fourth-order valence-corrected chi connectivity index (χ4v) is 4.05. The molecule has 202 valence electrons. The molecule has 0 bridgehead atoms. The van der Waals surface area contributed by atoms with E-state index >= 15 is 4.39 Å². The number of carbonyl (C=O) groups excluding carboxylic acids is 2. The van der Waals surface area contributed by atoms with Gasteiger partial charge < -0.3 is 24.1 Å². The number of nitro groups is 1. The molecule has 2 fully saturated rings. The third kappa shape index (κ3) is 6.36. The van der Waals surface area contributed by atoms with E-state index in [9.17, 15) is 19.7 Å². The zero-order valence-corrected chi connectivity index (χ0v) is 21.1. The van der Waals surface area contributed by atoms with E-state index in [2.05, 4.69) is 10.7 Å². The van der Waals surface area contributed by atoms with E-state index in [1.54, 1.807) is 17.0 Å². The van der Waals surface area contributed by atoms with Crippen LogP contribution in [0.15, 0.2) is 40.8 Å². The minimum atomic E-state index is -0.665. The van der Waals surface area contributed by atoms with Crippen LogP contribution in [-0.4, -0.2) is 79.6 Å². The number of carbonyl (C=O) groups is 2. The van der Waals surface area contributed by atoms with E-state index in [0.29, 0.717) is 31.0 Å². The summed E-state index contributed by atoms with van der Waals surface area (Å²) in [5.74, 6) is -1.15. The van der Waals surface area contributed by atoms with Gasteiger partial charge in [-0.15, -0.1) is 0 Å². The van der Waals surface area contributed by atoms with Gasteiger partial charge in [-0.25, -0.2) is 14.6 Å². The molecule has 1 aromatic heterocycles. The number of cyclic esters (lactones) is 1. The summed E-state index contributed by atoms with van der Waals surface area (Å²) >= 11 is 4.91. The Labute approximate surface area is 221 Å². The Morgan fingerprint density at radius 3 is 2.87 bits per heavy atom. The number of hydrazine groups is 1. The van der Waals surface area contributed by atoms with Gasteiger partial charge in [-0.05, 0) is 42.6 Å². The van der Waals surface area contributed by atoms with Crippen LogP contribution in [0.3, 0.4) is 0 Å².